The number of nitrogens with zero attached hydrogens (tertiary/aromatic N) is 1. The summed E-state index contributed by atoms with van der Waals surface area (Å²) in [4.78, 5) is 2.22. The summed E-state index contributed by atoms with van der Waals surface area (Å²) in [6.45, 7) is 4.55. The Morgan fingerprint density at radius 1 is 1.28 bits per heavy atom. The third kappa shape index (κ3) is 4.46. The maximum absolute atomic E-state index is 9.95. The van der Waals surface area contributed by atoms with Crippen LogP contribution < -0.4 is 5.32 Å². The van der Waals surface area contributed by atoms with Gasteiger partial charge in [0, 0.05) is 36.9 Å². The molecule has 1 saturated heterocycles. The van der Waals surface area contributed by atoms with Gasteiger partial charge in [-0.15, -0.1) is 0 Å². The Morgan fingerprint density at radius 3 is 2.61 bits per heavy atom. The number of hydrogen-bond acceptors (Lipinski definition) is 4. The van der Waals surface area contributed by atoms with Gasteiger partial charge in [0.05, 0.1) is 19.3 Å². The van der Waals surface area contributed by atoms with Gasteiger partial charge in [0.2, 0.25) is 0 Å². The highest BCUT2D eigenvalue weighted by Gasteiger charge is 2.14. The second-order valence-corrected chi connectivity index (χ2v) is 4.89. The predicted molar refractivity (Wildman–Crippen MR) is 73.2 cm³/mol. The number of hydrogen-bond donors (Lipinski definition) is 2. The topological polar surface area (TPSA) is 44.7 Å². The van der Waals surface area contributed by atoms with Crippen LogP contribution in [0.25, 0.3) is 0 Å². The largest absolute Gasteiger partial charge is 0.390 e. The Bertz CT molecular complexity index is 353. The van der Waals surface area contributed by atoms with Crippen LogP contribution in [0, 0.1) is 0 Å². The van der Waals surface area contributed by atoms with Crippen molar-refractivity contribution >= 4 is 17.3 Å². The second kappa shape index (κ2) is 6.95. The van der Waals surface area contributed by atoms with Crippen LogP contribution in [0.2, 0.25) is 5.02 Å². The first-order chi connectivity index (χ1) is 8.74. The number of ether oxygens (including phenoxy) is 1. The molecule has 2 rings (SSSR count). The first kappa shape index (κ1) is 13.6. The molecule has 1 atom stereocenters. The Balaban J connectivity index is 1.70. The van der Waals surface area contributed by atoms with Gasteiger partial charge in [-0.2, -0.15) is 0 Å². The Morgan fingerprint density at radius 2 is 1.94 bits per heavy atom. The van der Waals surface area contributed by atoms with Crippen molar-refractivity contribution in [1.82, 2.24) is 4.90 Å². The third-order valence-electron chi connectivity index (χ3n) is 2.96. The molecule has 1 aromatic rings. The Labute approximate surface area is 113 Å². The minimum atomic E-state index is -0.376. The van der Waals surface area contributed by atoms with Crippen molar-refractivity contribution in [2.75, 3.05) is 44.7 Å². The van der Waals surface area contributed by atoms with Gasteiger partial charge < -0.3 is 15.2 Å². The van der Waals surface area contributed by atoms with E-state index < -0.39 is 0 Å². The van der Waals surface area contributed by atoms with E-state index in [1.807, 2.05) is 24.3 Å². The van der Waals surface area contributed by atoms with E-state index in [4.69, 9.17) is 16.3 Å². The molecule has 0 amide bonds. The molecule has 4 nitrogen and oxygen atoms in total. The summed E-state index contributed by atoms with van der Waals surface area (Å²) in [6.07, 6.45) is -0.376. The van der Waals surface area contributed by atoms with E-state index in [1.54, 1.807) is 0 Å². The summed E-state index contributed by atoms with van der Waals surface area (Å²) in [5, 5.41) is 13.9. The maximum atomic E-state index is 9.95. The van der Waals surface area contributed by atoms with E-state index in [-0.39, 0.29) is 6.10 Å². The number of morpholine rings is 1. The standard InChI is InChI=1S/C13H19ClN2O2/c14-11-1-3-12(4-2-11)15-9-13(17)10-16-5-7-18-8-6-16/h1-4,13,15,17H,5-10H2. The van der Waals surface area contributed by atoms with Crippen molar-refractivity contribution < 1.29 is 9.84 Å². The van der Waals surface area contributed by atoms with E-state index in [0.29, 0.717) is 13.1 Å². The molecule has 0 saturated carbocycles. The van der Waals surface area contributed by atoms with Crippen molar-refractivity contribution in [3.05, 3.63) is 29.3 Å². The summed E-state index contributed by atoms with van der Waals surface area (Å²) in [5.41, 5.74) is 0.973. The van der Waals surface area contributed by atoms with Crippen LogP contribution >= 0.6 is 11.6 Å². The van der Waals surface area contributed by atoms with Gasteiger partial charge in [-0.3, -0.25) is 4.90 Å². The monoisotopic (exact) mass is 270 g/mol. The SMILES string of the molecule is OC(CNc1ccc(Cl)cc1)CN1CCOCC1. The molecule has 18 heavy (non-hydrogen) atoms. The highest BCUT2D eigenvalue weighted by atomic mass is 35.5. The normalized spacial score (nSPS) is 18.6. The Kier molecular flexibility index (Phi) is 5.26. The number of anilines is 1. The lowest BCUT2D eigenvalue weighted by molar-refractivity contribution is 0.0171. The van der Waals surface area contributed by atoms with E-state index >= 15 is 0 Å². The predicted octanol–water partition coefficient (Wildman–Crippen LogP) is 1.45. The number of rotatable bonds is 5. The number of nitrogens with one attached hydrogen (secondary N) is 1. The first-order valence-corrected chi connectivity index (χ1v) is 6.59. The van der Waals surface area contributed by atoms with Crippen LogP contribution in [-0.2, 0) is 4.74 Å². The molecule has 2 N–H and O–H groups in total. The number of halogens is 1. The quantitative estimate of drug-likeness (QED) is 0.850. The maximum Gasteiger partial charge on any atom is 0.0839 e. The molecule has 1 aliphatic heterocycles. The van der Waals surface area contributed by atoms with Crippen LogP contribution in [-0.4, -0.2) is 55.5 Å². The highest BCUT2D eigenvalue weighted by molar-refractivity contribution is 6.30. The molecular formula is C13H19ClN2O2. The number of β-amino-alcohol motifs (C(OH)–C–C–N with tert-alkyl or cyclic N) is 1. The fourth-order valence-corrected chi connectivity index (χ4v) is 2.08. The molecule has 100 valence electrons. The van der Waals surface area contributed by atoms with E-state index in [1.165, 1.54) is 0 Å². The van der Waals surface area contributed by atoms with Crippen molar-refractivity contribution in [1.29, 1.82) is 0 Å². The zero-order valence-corrected chi connectivity index (χ0v) is 11.1. The number of aliphatic hydroxyl groups excluding tert-OH is 1. The average Bonchev–Trinajstić information content (AvgIpc) is 2.39. The molecule has 0 aliphatic carbocycles. The lowest BCUT2D eigenvalue weighted by Gasteiger charge is -2.28. The smallest absolute Gasteiger partial charge is 0.0839 e. The minimum Gasteiger partial charge on any atom is -0.390 e. The van der Waals surface area contributed by atoms with Crippen LogP contribution in [0.1, 0.15) is 0 Å². The third-order valence-corrected chi connectivity index (χ3v) is 3.21. The summed E-state index contributed by atoms with van der Waals surface area (Å²) in [6, 6.07) is 7.48. The van der Waals surface area contributed by atoms with Gasteiger partial charge in [0.15, 0.2) is 0 Å². The van der Waals surface area contributed by atoms with Gasteiger partial charge in [-0.25, -0.2) is 0 Å². The van der Waals surface area contributed by atoms with Crippen LogP contribution in [0.4, 0.5) is 5.69 Å². The molecule has 1 aliphatic rings. The molecule has 0 radical (unpaired) electrons. The van der Waals surface area contributed by atoms with Gasteiger partial charge in [-0.05, 0) is 24.3 Å². The summed E-state index contributed by atoms with van der Waals surface area (Å²) in [5.74, 6) is 0. The fraction of sp³-hybridized carbons (Fsp3) is 0.538. The van der Waals surface area contributed by atoms with E-state index in [0.717, 1.165) is 37.0 Å². The average molecular weight is 271 g/mol. The van der Waals surface area contributed by atoms with Crippen molar-refractivity contribution in [3.63, 3.8) is 0 Å². The fourth-order valence-electron chi connectivity index (χ4n) is 1.95. The molecule has 5 heteroatoms. The van der Waals surface area contributed by atoms with Crippen LogP contribution in [0.15, 0.2) is 24.3 Å². The molecule has 1 heterocycles. The van der Waals surface area contributed by atoms with E-state index in [9.17, 15) is 5.11 Å². The van der Waals surface area contributed by atoms with E-state index in [2.05, 4.69) is 10.2 Å². The molecule has 0 spiro atoms. The zero-order chi connectivity index (χ0) is 12.8. The first-order valence-electron chi connectivity index (χ1n) is 6.21. The summed E-state index contributed by atoms with van der Waals surface area (Å²) >= 11 is 5.81. The van der Waals surface area contributed by atoms with Crippen LogP contribution in [0.5, 0.6) is 0 Å². The number of aliphatic hydroxyl groups is 1. The lowest BCUT2D eigenvalue weighted by Crippen LogP contribution is -2.42. The number of benzene rings is 1. The van der Waals surface area contributed by atoms with Gasteiger partial charge in [-0.1, -0.05) is 11.6 Å². The summed E-state index contributed by atoms with van der Waals surface area (Å²) < 4.78 is 5.27. The molecule has 0 bridgehead atoms. The molecule has 1 fully saturated rings. The molecule has 0 aromatic heterocycles. The van der Waals surface area contributed by atoms with Crippen molar-refractivity contribution in [2.24, 2.45) is 0 Å². The van der Waals surface area contributed by atoms with Crippen molar-refractivity contribution in [2.45, 2.75) is 6.10 Å². The van der Waals surface area contributed by atoms with Crippen molar-refractivity contribution in [3.8, 4) is 0 Å². The Hall–Kier alpha value is -0.810. The molecule has 1 aromatic carbocycles. The molecule has 1 unspecified atom stereocenters. The van der Waals surface area contributed by atoms with Crippen LogP contribution in [0.3, 0.4) is 0 Å². The zero-order valence-electron chi connectivity index (χ0n) is 10.3. The highest BCUT2D eigenvalue weighted by Crippen LogP contribution is 2.13. The van der Waals surface area contributed by atoms with Gasteiger partial charge in [0.25, 0.3) is 0 Å². The second-order valence-electron chi connectivity index (χ2n) is 4.45. The van der Waals surface area contributed by atoms with Gasteiger partial charge in [0.1, 0.15) is 0 Å². The summed E-state index contributed by atoms with van der Waals surface area (Å²) in [7, 11) is 0. The van der Waals surface area contributed by atoms with Gasteiger partial charge >= 0.3 is 0 Å². The molecular weight excluding hydrogens is 252 g/mol. The minimum absolute atomic E-state index is 0.376. The lowest BCUT2D eigenvalue weighted by atomic mass is 10.2.